The zero-order chi connectivity index (χ0) is 19.6. The summed E-state index contributed by atoms with van der Waals surface area (Å²) in [6.45, 7) is 5.73. The molecular weight excluding hydrogens is 348 g/mol. The molecule has 1 N–H and O–H groups in total. The van der Waals surface area contributed by atoms with Crippen LogP contribution in [-0.2, 0) is 11.3 Å². The van der Waals surface area contributed by atoms with Gasteiger partial charge in [-0.3, -0.25) is 9.69 Å². The second-order valence-corrected chi connectivity index (χ2v) is 7.26. The highest BCUT2D eigenvalue weighted by molar-refractivity contribution is 5.91. The molecule has 28 heavy (non-hydrogen) atoms. The summed E-state index contributed by atoms with van der Waals surface area (Å²) in [7, 11) is 0. The number of likely N-dealkylation sites (tertiary alicyclic amines) is 1. The fourth-order valence-electron chi connectivity index (χ4n) is 3.45. The van der Waals surface area contributed by atoms with Crippen LogP contribution in [0.2, 0.25) is 0 Å². The van der Waals surface area contributed by atoms with Crippen molar-refractivity contribution in [2.24, 2.45) is 0 Å². The predicted molar refractivity (Wildman–Crippen MR) is 114 cm³/mol. The van der Waals surface area contributed by atoms with Crippen LogP contribution in [0.4, 0.5) is 0 Å². The highest BCUT2D eigenvalue weighted by Crippen LogP contribution is 2.22. The lowest BCUT2D eigenvalue weighted by Crippen LogP contribution is -2.43. The van der Waals surface area contributed by atoms with E-state index in [0.29, 0.717) is 0 Å². The number of nitrogens with zero attached hydrogens (tertiary/aromatic N) is 1. The lowest BCUT2D eigenvalue weighted by atomic mass is 10.0. The van der Waals surface area contributed by atoms with Crippen LogP contribution in [0.1, 0.15) is 37.3 Å². The summed E-state index contributed by atoms with van der Waals surface area (Å²) in [5.41, 5.74) is 2.28. The molecule has 3 rings (SSSR count). The number of carbonyl (C=O) groups is 1. The molecule has 0 unspecified atom stereocenters. The standard InChI is InChI=1S/C24H30N2O2/c1-2-18-28-23-11-7-6-10-21(23)19-26-16-14-22(15-17-26)25-24(27)13-12-20-8-4-3-5-9-20/h3-13,22H,2,14-19H2,1H3,(H,25,27)/b13-12+. The van der Waals surface area contributed by atoms with Crippen molar-refractivity contribution in [2.45, 2.75) is 38.8 Å². The number of benzene rings is 2. The van der Waals surface area contributed by atoms with Gasteiger partial charge in [0.05, 0.1) is 6.61 Å². The number of carbonyl (C=O) groups excluding carboxylic acids is 1. The molecule has 1 heterocycles. The first-order valence-corrected chi connectivity index (χ1v) is 10.2. The minimum Gasteiger partial charge on any atom is -0.493 e. The maximum absolute atomic E-state index is 12.2. The van der Waals surface area contributed by atoms with Gasteiger partial charge in [-0.15, -0.1) is 0 Å². The number of ether oxygens (including phenoxy) is 1. The van der Waals surface area contributed by atoms with Gasteiger partial charge in [-0.2, -0.15) is 0 Å². The fraction of sp³-hybridized carbons (Fsp3) is 0.375. The lowest BCUT2D eigenvalue weighted by Gasteiger charge is -2.32. The van der Waals surface area contributed by atoms with Crippen LogP contribution in [-0.4, -0.2) is 36.5 Å². The van der Waals surface area contributed by atoms with E-state index in [4.69, 9.17) is 4.74 Å². The normalized spacial score (nSPS) is 15.6. The van der Waals surface area contributed by atoms with E-state index in [9.17, 15) is 4.79 Å². The second-order valence-electron chi connectivity index (χ2n) is 7.26. The number of hydrogen-bond donors (Lipinski definition) is 1. The van der Waals surface area contributed by atoms with Crippen LogP contribution in [0.25, 0.3) is 6.08 Å². The topological polar surface area (TPSA) is 41.6 Å². The Morgan fingerprint density at radius 1 is 1.11 bits per heavy atom. The molecule has 0 spiro atoms. The first-order valence-electron chi connectivity index (χ1n) is 10.2. The second kappa shape index (κ2) is 10.7. The molecule has 4 heteroatoms. The predicted octanol–water partition coefficient (Wildman–Crippen LogP) is 4.27. The number of para-hydroxylation sites is 1. The number of nitrogens with one attached hydrogen (secondary N) is 1. The van der Waals surface area contributed by atoms with E-state index >= 15 is 0 Å². The molecule has 1 amide bonds. The molecular formula is C24H30N2O2. The van der Waals surface area contributed by atoms with Gasteiger partial charge in [-0.1, -0.05) is 55.5 Å². The molecule has 2 aromatic rings. The highest BCUT2D eigenvalue weighted by Gasteiger charge is 2.20. The van der Waals surface area contributed by atoms with Crippen molar-refractivity contribution < 1.29 is 9.53 Å². The quantitative estimate of drug-likeness (QED) is 0.698. The van der Waals surface area contributed by atoms with Gasteiger partial charge in [0, 0.05) is 37.3 Å². The smallest absolute Gasteiger partial charge is 0.244 e. The van der Waals surface area contributed by atoms with Crippen LogP contribution in [0, 0.1) is 0 Å². The van der Waals surface area contributed by atoms with Crippen LogP contribution in [0.15, 0.2) is 60.7 Å². The summed E-state index contributed by atoms with van der Waals surface area (Å²) in [5.74, 6) is 0.978. The first kappa shape index (κ1) is 20.2. The largest absolute Gasteiger partial charge is 0.493 e. The minimum absolute atomic E-state index is 0.0133. The van der Waals surface area contributed by atoms with Crippen molar-refractivity contribution in [1.29, 1.82) is 0 Å². The van der Waals surface area contributed by atoms with Crippen molar-refractivity contribution in [1.82, 2.24) is 10.2 Å². The Kier molecular flexibility index (Phi) is 7.68. The van der Waals surface area contributed by atoms with Crippen molar-refractivity contribution >= 4 is 12.0 Å². The molecule has 1 aliphatic heterocycles. The van der Waals surface area contributed by atoms with E-state index in [-0.39, 0.29) is 11.9 Å². The Morgan fingerprint density at radius 2 is 1.82 bits per heavy atom. The van der Waals surface area contributed by atoms with Crippen molar-refractivity contribution in [2.75, 3.05) is 19.7 Å². The minimum atomic E-state index is -0.0133. The van der Waals surface area contributed by atoms with Gasteiger partial charge in [0.25, 0.3) is 0 Å². The van der Waals surface area contributed by atoms with Crippen LogP contribution >= 0.6 is 0 Å². The third kappa shape index (κ3) is 6.24. The van der Waals surface area contributed by atoms with Gasteiger partial charge in [0.15, 0.2) is 0 Å². The van der Waals surface area contributed by atoms with E-state index < -0.39 is 0 Å². The molecule has 0 saturated carbocycles. The Labute approximate surface area is 168 Å². The zero-order valence-electron chi connectivity index (χ0n) is 16.6. The molecule has 1 saturated heterocycles. The van der Waals surface area contributed by atoms with Crippen LogP contribution < -0.4 is 10.1 Å². The van der Waals surface area contributed by atoms with Gasteiger partial charge >= 0.3 is 0 Å². The van der Waals surface area contributed by atoms with Gasteiger partial charge in [-0.05, 0) is 37.0 Å². The molecule has 0 radical (unpaired) electrons. The number of piperidine rings is 1. The van der Waals surface area contributed by atoms with Gasteiger partial charge < -0.3 is 10.1 Å². The Balaban J connectivity index is 1.45. The summed E-state index contributed by atoms with van der Waals surface area (Å²) in [5, 5.41) is 3.14. The third-order valence-electron chi connectivity index (χ3n) is 4.99. The molecule has 1 fully saturated rings. The van der Waals surface area contributed by atoms with Crippen LogP contribution in [0.5, 0.6) is 5.75 Å². The van der Waals surface area contributed by atoms with Gasteiger partial charge in [-0.25, -0.2) is 0 Å². The Hall–Kier alpha value is -2.59. The fourth-order valence-corrected chi connectivity index (χ4v) is 3.45. The number of hydrogen-bond acceptors (Lipinski definition) is 3. The summed E-state index contributed by atoms with van der Waals surface area (Å²) >= 11 is 0. The summed E-state index contributed by atoms with van der Waals surface area (Å²) in [4.78, 5) is 14.6. The maximum Gasteiger partial charge on any atom is 0.244 e. The van der Waals surface area contributed by atoms with E-state index in [2.05, 4.69) is 35.3 Å². The van der Waals surface area contributed by atoms with Crippen molar-refractivity contribution in [3.8, 4) is 5.75 Å². The summed E-state index contributed by atoms with van der Waals surface area (Å²) in [6.07, 6.45) is 6.45. The molecule has 0 bridgehead atoms. The maximum atomic E-state index is 12.2. The van der Waals surface area contributed by atoms with Gasteiger partial charge in [0.1, 0.15) is 5.75 Å². The van der Waals surface area contributed by atoms with E-state index in [1.165, 1.54) is 5.56 Å². The van der Waals surface area contributed by atoms with E-state index in [1.54, 1.807) is 6.08 Å². The Bertz CT molecular complexity index is 765. The summed E-state index contributed by atoms with van der Waals surface area (Å²) < 4.78 is 5.87. The monoisotopic (exact) mass is 378 g/mol. The average Bonchev–Trinajstić information content (AvgIpc) is 2.74. The first-order chi connectivity index (χ1) is 13.7. The van der Waals surface area contributed by atoms with Crippen molar-refractivity contribution in [3.63, 3.8) is 0 Å². The average molecular weight is 379 g/mol. The van der Waals surface area contributed by atoms with Crippen molar-refractivity contribution in [3.05, 3.63) is 71.8 Å². The molecule has 148 valence electrons. The van der Waals surface area contributed by atoms with E-state index in [0.717, 1.165) is 56.8 Å². The molecule has 0 aliphatic carbocycles. The molecule has 2 aromatic carbocycles. The SMILES string of the molecule is CCCOc1ccccc1CN1CCC(NC(=O)/C=C/c2ccccc2)CC1. The summed E-state index contributed by atoms with van der Waals surface area (Å²) in [6, 6.07) is 18.4. The molecule has 1 aliphatic rings. The molecule has 0 atom stereocenters. The lowest BCUT2D eigenvalue weighted by molar-refractivity contribution is -0.117. The number of rotatable bonds is 8. The van der Waals surface area contributed by atoms with Gasteiger partial charge in [0.2, 0.25) is 5.91 Å². The zero-order valence-corrected chi connectivity index (χ0v) is 16.6. The Morgan fingerprint density at radius 3 is 2.57 bits per heavy atom. The van der Waals surface area contributed by atoms with Crippen LogP contribution in [0.3, 0.4) is 0 Å². The number of amides is 1. The molecule has 0 aromatic heterocycles. The van der Waals surface area contributed by atoms with E-state index in [1.807, 2.05) is 42.5 Å². The molecule has 4 nitrogen and oxygen atoms in total. The highest BCUT2D eigenvalue weighted by atomic mass is 16.5. The third-order valence-corrected chi connectivity index (χ3v) is 4.99.